The minimum absolute atomic E-state index is 0.259. The zero-order valence-electron chi connectivity index (χ0n) is 22.6. The number of carbonyl (C=O) groups excluding carboxylic acids is 1. The summed E-state index contributed by atoms with van der Waals surface area (Å²) in [6.45, 7) is 12.6. The number of benzene rings is 2. The summed E-state index contributed by atoms with van der Waals surface area (Å²) in [6.07, 6.45) is 0. The summed E-state index contributed by atoms with van der Waals surface area (Å²) in [7, 11) is -0.611. The highest BCUT2D eigenvalue weighted by atomic mass is 35.5. The summed E-state index contributed by atoms with van der Waals surface area (Å²) in [5.74, 6) is 0.834. The van der Waals surface area contributed by atoms with E-state index >= 15 is 0 Å². The van der Waals surface area contributed by atoms with Gasteiger partial charge >= 0.3 is 5.69 Å². The third-order valence-corrected chi connectivity index (χ3v) is 5.68. The Balaban J connectivity index is 0.000000191. The van der Waals surface area contributed by atoms with Gasteiger partial charge in [-0.2, -0.15) is 4.68 Å². The maximum atomic E-state index is 11.6. The number of nitrogens with zero attached hydrogens (tertiary/aromatic N) is 5. The van der Waals surface area contributed by atoms with Crippen molar-refractivity contribution in [3.63, 3.8) is 0 Å². The van der Waals surface area contributed by atoms with Crippen molar-refractivity contribution in [2.75, 3.05) is 0 Å². The molecule has 0 aliphatic rings. The Morgan fingerprint density at radius 3 is 1.80 bits per heavy atom. The van der Waals surface area contributed by atoms with Gasteiger partial charge in [-0.3, -0.25) is 4.79 Å². The lowest BCUT2D eigenvalue weighted by molar-refractivity contribution is 0.108. The maximum Gasteiger partial charge on any atom is 0.366 e. The average molecular weight is 622 g/mol. The number of aryl methyl sites for hydroxylation is 2. The normalized spacial score (nSPS) is 10.8. The number of carbonyl (C=O) groups is 1. The van der Waals surface area contributed by atoms with E-state index in [2.05, 4.69) is 52.0 Å². The topological polar surface area (TPSA) is 133 Å². The Morgan fingerprint density at radius 1 is 0.850 bits per heavy atom. The molecule has 0 saturated heterocycles. The molecule has 0 spiro atoms. The Kier molecular flexibility index (Phi) is 10.3. The lowest BCUT2D eigenvalue weighted by atomic mass is 10.1. The quantitative estimate of drug-likeness (QED) is 0.164. The van der Waals surface area contributed by atoms with Crippen LogP contribution < -0.4 is 5.69 Å². The van der Waals surface area contributed by atoms with Gasteiger partial charge in [0.1, 0.15) is 28.4 Å². The van der Waals surface area contributed by atoms with Crippen LogP contribution in [0.4, 0.5) is 0 Å². The van der Waals surface area contributed by atoms with Crippen molar-refractivity contribution < 1.29 is 13.8 Å². The Hall–Kier alpha value is -3.51. The predicted molar refractivity (Wildman–Crippen MR) is 158 cm³/mol. The number of rotatable bonds is 4. The highest BCUT2D eigenvalue weighted by Crippen LogP contribution is 2.33. The summed E-state index contributed by atoms with van der Waals surface area (Å²) < 4.78 is 11.2. The number of aromatic nitrogens is 6. The smallest absolute Gasteiger partial charge is 0.360 e. The van der Waals surface area contributed by atoms with Crippen molar-refractivity contribution in [2.45, 2.75) is 40.0 Å². The van der Waals surface area contributed by atoms with E-state index < -0.39 is 19.0 Å². The first-order chi connectivity index (χ1) is 18.8. The molecular weight excluding hydrogens is 595 g/mol. The molecule has 0 atom stereocenters. The van der Waals surface area contributed by atoms with E-state index in [1.807, 2.05) is 6.07 Å². The average Bonchev–Trinajstić information content (AvgIpc) is 3.57. The van der Waals surface area contributed by atoms with E-state index in [1.54, 1.807) is 56.3 Å². The third kappa shape index (κ3) is 7.78. The van der Waals surface area contributed by atoms with Gasteiger partial charge in [-0.05, 0) is 48.0 Å². The van der Waals surface area contributed by atoms with E-state index in [4.69, 9.17) is 43.8 Å². The Bertz CT molecular complexity index is 1660. The van der Waals surface area contributed by atoms with Gasteiger partial charge in [-0.25, -0.2) is 9.89 Å². The lowest BCUT2D eigenvalue weighted by Crippen LogP contribution is -2.17. The van der Waals surface area contributed by atoms with Crippen molar-refractivity contribution in [1.29, 1.82) is 0 Å². The molecule has 0 unspecified atom stereocenters. The van der Waals surface area contributed by atoms with Crippen molar-refractivity contribution in [3.8, 4) is 28.2 Å². The van der Waals surface area contributed by atoms with Crippen LogP contribution in [0.1, 0.15) is 21.9 Å². The molecule has 0 saturated carbocycles. The molecule has 0 fully saturated rings. The van der Waals surface area contributed by atoms with E-state index in [0.29, 0.717) is 49.8 Å². The molecule has 3 heterocycles. The number of halogens is 3. The summed E-state index contributed by atoms with van der Waals surface area (Å²) >= 11 is 17.6. The van der Waals surface area contributed by atoms with Crippen molar-refractivity contribution in [2.24, 2.45) is 0 Å². The second-order valence-electron chi connectivity index (χ2n) is 10.0. The highest BCUT2D eigenvalue weighted by Gasteiger charge is 2.22. The summed E-state index contributed by atoms with van der Waals surface area (Å²) in [4.78, 5) is 22.9. The van der Waals surface area contributed by atoms with Gasteiger partial charge in [0.05, 0.1) is 10.0 Å². The van der Waals surface area contributed by atoms with Gasteiger partial charge in [0.25, 0.3) is 5.24 Å². The first-order valence-electron chi connectivity index (χ1n) is 11.9. The van der Waals surface area contributed by atoms with Gasteiger partial charge in [0.15, 0.2) is 5.76 Å². The number of hydrogen-bond donors (Lipinski definition) is 1. The van der Waals surface area contributed by atoms with Gasteiger partial charge in [-0.1, -0.05) is 96.1 Å². The molecule has 0 bridgehead atoms. The van der Waals surface area contributed by atoms with Crippen LogP contribution in [0, 0.1) is 13.8 Å². The molecule has 14 heteroatoms. The van der Waals surface area contributed by atoms with Crippen LogP contribution in [-0.2, 0) is 0 Å². The molecule has 210 valence electrons. The molecule has 0 radical (unpaired) electrons. The molecule has 2 aromatic carbocycles. The number of hydrogen-bond acceptors (Lipinski definition) is 8. The van der Waals surface area contributed by atoms with Gasteiger partial charge in [-0.15, -0.1) is 0 Å². The predicted octanol–water partition coefficient (Wildman–Crippen LogP) is 7.21. The minimum atomic E-state index is -0.611. The van der Waals surface area contributed by atoms with Gasteiger partial charge < -0.3 is 9.05 Å². The van der Waals surface area contributed by atoms with Crippen LogP contribution in [0.2, 0.25) is 36.2 Å². The van der Waals surface area contributed by atoms with Gasteiger partial charge in [0.2, 0.25) is 0 Å². The standard InChI is InChI=1S/C11H7Cl2NO2.C11H8ClN5O2.C4H12Si/c1-6-9(11(13)15)10(14-16-6)7-4-2-3-5-8(7)12;1-6-10(17-11(18)13-15-16-17)9(14-19-6)7-4-2-3-5-8(7)12;1-5(2,3)4/h2-5H,1H3;2-5H,1H3,(H,13,16,18);1-4H3. The van der Waals surface area contributed by atoms with Gasteiger partial charge in [0, 0.05) is 19.2 Å². The van der Waals surface area contributed by atoms with E-state index in [-0.39, 0.29) is 5.56 Å². The second-order valence-corrected chi connectivity index (χ2v) is 17.2. The number of H-pyrrole nitrogens is 1. The van der Waals surface area contributed by atoms with E-state index in [1.165, 1.54) is 0 Å². The van der Waals surface area contributed by atoms with Crippen LogP contribution in [-0.4, -0.2) is 43.8 Å². The highest BCUT2D eigenvalue weighted by molar-refractivity contribution is 6.74. The Morgan fingerprint density at radius 2 is 1.32 bits per heavy atom. The largest absolute Gasteiger partial charge is 0.366 e. The second kappa shape index (κ2) is 13.2. The molecular formula is C26H27Cl3N6O4Si. The number of nitrogens with one attached hydrogen (secondary N) is 1. The number of aromatic amines is 1. The molecule has 5 aromatic rings. The zero-order valence-corrected chi connectivity index (χ0v) is 25.9. The first-order valence-corrected chi connectivity index (χ1v) is 17.1. The monoisotopic (exact) mass is 620 g/mol. The minimum Gasteiger partial charge on any atom is -0.360 e. The molecule has 10 nitrogen and oxygen atoms in total. The van der Waals surface area contributed by atoms with E-state index in [9.17, 15) is 9.59 Å². The van der Waals surface area contributed by atoms with E-state index in [0.717, 1.165) is 4.68 Å². The first kappa shape index (κ1) is 31.0. The molecule has 1 N–H and O–H groups in total. The van der Waals surface area contributed by atoms with Crippen LogP contribution in [0.15, 0.2) is 62.4 Å². The fourth-order valence-corrected chi connectivity index (χ4v) is 3.90. The van der Waals surface area contributed by atoms with Crippen molar-refractivity contribution in [3.05, 3.63) is 86.1 Å². The summed E-state index contributed by atoms with van der Waals surface area (Å²) in [6, 6.07) is 14.2. The van der Waals surface area contributed by atoms with Crippen LogP contribution in [0.3, 0.4) is 0 Å². The lowest BCUT2D eigenvalue weighted by Gasteiger charge is -2.02. The van der Waals surface area contributed by atoms with Crippen LogP contribution in [0.5, 0.6) is 0 Å². The third-order valence-electron chi connectivity index (χ3n) is 4.83. The van der Waals surface area contributed by atoms with Crippen LogP contribution >= 0.6 is 34.8 Å². The molecule has 0 aliphatic carbocycles. The zero-order chi connectivity index (χ0) is 29.6. The molecule has 0 amide bonds. The molecule has 40 heavy (non-hydrogen) atoms. The fraction of sp³-hybridized carbons (Fsp3) is 0.231. The SMILES string of the molecule is C[Si](C)(C)C.Cc1onc(-c2ccccc2Cl)c1-n1nn[nH]c1=O.Cc1onc(-c2ccccc2Cl)c1C(=O)Cl. The molecule has 5 rings (SSSR count). The van der Waals surface area contributed by atoms with Crippen molar-refractivity contribution >= 4 is 48.1 Å². The Labute approximate surface area is 246 Å². The fourth-order valence-electron chi connectivity index (χ4n) is 3.23. The number of tetrazole rings is 1. The maximum absolute atomic E-state index is 11.6. The van der Waals surface area contributed by atoms with Crippen LogP contribution in [0.25, 0.3) is 28.2 Å². The van der Waals surface area contributed by atoms with Crippen molar-refractivity contribution in [1.82, 2.24) is 30.5 Å². The molecule has 3 aromatic heterocycles. The summed E-state index contributed by atoms with van der Waals surface area (Å²) in [5, 5.41) is 17.5. The summed E-state index contributed by atoms with van der Waals surface area (Å²) in [5.41, 5.74) is 2.32. The molecule has 0 aliphatic heterocycles.